The van der Waals surface area contributed by atoms with Gasteiger partial charge in [0.15, 0.2) is 0 Å². The monoisotopic (exact) mass is 316 g/mol. The largest absolute Gasteiger partial charge is 0.317 e. The van der Waals surface area contributed by atoms with Crippen LogP contribution in [0.2, 0.25) is 5.02 Å². The van der Waals surface area contributed by atoms with Crippen LogP contribution in [0.5, 0.6) is 0 Å². The van der Waals surface area contributed by atoms with Gasteiger partial charge in [-0.05, 0) is 57.4 Å². The summed E-state index contributed by atoms with van der Waals surface area (Å²) in [5.41, 5.74) is 0.948. The van der Waals surface area contributed by atoms with E-state index < -0.39 is 10.0 Å². The summed E-state index contributed by atoms with van der Waals surface area (Å²) in [6.45, 7) is 1.88. The predicted octanol–water partition coefficient (Wildman–Crippen LogP) is 2.46. The molecule has 0 bridgehead atoms. The maximum atomic E-state index is 12.4. The molecular formula is C14H21ClN2O2S. The summed E-state index contributed by atoms with van der Waals surface area (Å²) in [6, 6.07) is 5.51. The molecule has 1 saturated carbocycles. The molecule has 4 nitrogen and oxygen atoms in total. The number of halogens is 1. The van der Waals surface area contributed by atoms with Crippen molar-refractivity contribution in [1.82, 2.24) is 10.0 Å². The average Bonchev–Trinajstić information content (AvgIpc) is 2.38. The molecule has 0 amide bonds. The zero-order chi connectivity index (χ0) is 14.8. The van der Waals surface area contributed by atoms with Crippen molar-refractivity contribution >= 4 is 21.6 Å². The Balaban J connectivity index is 2.08. The van der Waals surface area contributed by atoms with E-state index in [1.807, 2.05) is 14.0 Å². The van der Waals surface area contributed by atoms with Crippen LogP contribution in [0, 0.1) is 6.92 Å². The second-order valence-electron chi connectivity index (χ2n) is 5.39. The molecule has 0 aromatic heterocycles. The van der Waals surface area contributed by atoms with Crippen LogP contribution in [0.1, 0.15) is 31.2 Å². The number of nitrogens with one attached hydrogen (secondary N) is 2. The van der Waals surface area contributed by atoms with Crippen molar-refractivity contribution in [2.75, 3.05) is 7.05 Å². The zero-order valence-electron chi connectivity index (χ0n) is 11.8. The maximum absolute atomic E-state index is 12.4. The van der Waals surface area contributed by atoms with Crippen molar-refractivity contribution in [3.8, 4) is 0 Å². The number of hydrogen-bond donors (Lipinski definition) is 2. The Hall–Kier alpha value is -0.620. The second kappa shape index (κ2) is 6.43. The fraction of sp³-hybridized carbons (Fsp3) is 0.571. The van der Waals surface area contributed by atoms with E-state index in [4.69, 9.17) is 11.6 Å². The fourth-order valence-electron chi connectivity index (χ4n) is 2.61. The molecule has 2 rings (SSSR count). The third kappa shape index (κ3) is 3.73. The minimum atomic E-state index is -3.53. The number of hydrogen-bond acceptors (Lipinski definition) is 3. The molecule has 2 N–H and O–H groups in total. The lowest BCUT2D eigenvalue weighted by Gasteiger charge is -2.28. The Labute approximate surface area is 126 Å². The van der Waals surface area contributed by atoms with Gasteiger partial charge in [0.25, 0.3) is 0 Å². The number of benzene rings is 1. The molecule has 1 aliphatic carbocycles. The fourth-order valence-corrected chi connectivity index (χ4v) is 4.51. The van der Waals surface area contributed by atoms with Crippen LogP contribution in [-0.2, 0) is 10.0 Å². The molecule has 0 saturated heterocycles. The minimum absolute atomic E-state index is 0.00182. The third-order valence-electron chi connectivity index (χ3n) is 3.83. The van der Waals surface area contributed by atoms with E-state index in [2.05, 4.69) is 10.0 Å². The van der Waals surface area contributed by atoms with Gasteiger partial charge in [0.1, 0.15) is 4.90 Å². The van der Waals surface area contributed by atoms with Crippen molar-refractivity contribution < 1.29 is 8.42 Å². The summed E-state index contributed by atoms with van der Waals surface area (Å²) in [6.07, 6.45) is 3.69. The maximum Gasteiger partial charge on any atom is 0.242 e. The molecule has 1 fully saturated rings. The molecule has 0 aliphatic heterocycles. The summed E-state index contributed by atoms with van der Waals surface area (Å²) in [7, 11) is -1.59. The lowest BCUT2D eigenvalue weighted by molar-refractivity contribution is 0.343. The van der Waals surface area contributed by atoms with Crippen molar-refractivity contribution in [2.24, 2.45) is 0 Å². The highest BCUT2D eigenvalue weighted by Gasteiger charge is 2.26. The van der Waals surface area contributed by atoms with Crippen molar-refractivity contribution in [3.63, 3.8) is 0 Å². The van der Waals surface area contributed by atoms with Crippen molar-refractivity contribution in [1.29, 1.82) is 0 Å². The molecule has 0 radical (unpaired) electrons. The quantitative estimate of drug-likeness (QED) is 0.897. The summed E-state index contributed by atoms with van der Waals surface area (Å²) < 4.78 is 27.5. The first-order chi connectivity index (χ1) is 9.42. The van der Waals surface area contributed by atoms with Gasteiger partial charge in [0.05, 0.1) is 5.02 Å². The molecule has 6 heteroatoms. The van der Waals surface area contributed by atoms with E-state index in [1.165, 1.54) is 0 Å². The summed E-state index contributed by atoms with van der Waals surface area (Å²) in [5, 5.41) is 3.52. The summed E-state index contributed by atoms with van der Waals surface area (Å²) in [4.78, 5) is 0.167. The SMILES string of the molecule is CNC1CCC(NS(=O)(=O)c2ccc(C)cc2Cl)CC1. The zero-order valence-corrected chi connectivity index (χ0v) is 13.4. The first-order valence-corrected chi connectivity index (χ1v) is 8.74. The number of sulfonamides is 1. The Kier molecular flexibility index (Phi) is 5.07. The lowest BCUT2D eigenvalue weighted by Crippen LogP contribution is -2.41. The average molecular weight is 317 g/mol. The van der Waals surface area contributed by atoms with E-state index in [9.17, 15) is 8.42 Å². The van der Waals surface area contributed by atoms with Crippen LogP contribution in [0.4, 0.5) is 0 Å². The smallest absolute Gasteiger partial charge is 0.242 e. The molecule has 0 atom stereocenters. The van der Waals surface area contributed by atoms with Crippen LogP contribution < -0.4 is 10.0 Å². The van der Waals surface area contributed by atoms with Crippen LogP contribution in [-0.4, -0.2) is 27.5 Å². The van der Waals surface area contributed by atoms with Gasteiger partial charge in [0, 0.05) is 12.1 Å². The lowest BCUT2D eigenvalue weighted by atomic mass is 9.92. The standard InChI is InChI=1S/C14H21ClN2O2S/c1-10-3-8-14(13(15)9-10)20(18,19)17-12-6-4-11(16-2)5-7-12/h3,8-9,11-12,16-17H,4-7H2,1-2H3. The third-order valence-corrected chi connectivity index (χ3v) is 5.84. The van der Waals surface area contributed by atoms with E-state index in [-0.39, 0.29) is 16.0 Å². The number of aryl methyl sites for hydroxylation is 1. The summed E-state index contributed by atoms with van der Waals surface area (Å²) >= 11 is 6.05. The van der Waals surface area contributed by atoms with E-state index >= 15 is 0 Å². The van der Waals surface area contributed by atoms with Crippen LogP contribution in [0.3, 0.4) is 0 Å². The second-order valence-corrected chi connectivity index (χ2v) is 7.48. The highest BCUT2D eigenvalue weighted by atomic mass is 35.5. The molecular weight excluding hydrogens is 296 g/mol. The first kappa shape index (κ1) is 15.8. The molecule has 112 valence electrons. The molecule has 0 heterocycles. The summed E-state index contributed by atoms with van der Waals surface area (Å²) in [5.74, 6) is 0. The molecule has 0 unspecified atom stereocenters. The molecule has 1 aliphatic rings. The van der Waals surface area contributed by atoms with Crippen LogP contribution >= 0.6 is 11.6 Å². The normalized spacial score (nSPS) is 23.8. The predicted molar refractivity (Wildman–Crippen MR) is 81.6 cm³/mol. The van der Waals surface area contributed by atoms with Gasteiger partial charge in [0.2, 0.25) is 10.0 Å². The van der Waals surface area contributed by atoms with Gasteiger partial charge in [-0.2, -0.15) is 0 Å². The first-order valence-electron chi connectivity index (χ1n) is 6.88. The van der Waals surface area contributed by atoms with Gasteiger partial charge >= 0.3 is 0 Å². The van der Waals surface area contributed by atoms with Crippen molar-refractivity contribution in [2.45, 2.75) is 49.6 Å². The Morgan fingerprint density at radius 3 is 2.30 bits per heavy atom. The van der Waals surface area contributed by atoms with E-state index in [0.717, 1.165) is 31.2 Å². The van der Waals surface area contributed by atoms with Gasteiger partial charge in [-0.15, -0.1) is 0 Å². The molecule has 1 aromatic carbocycles. The van der Waals surface area contributed by atoms with Crippen LogP contribution in [0.15, 0.2) is 23.1 Å². The molecule has 0 spiro atoms. The van der Waals surface area contributed by atoms with E-state index in [0.29, 0.717) is 6.04 Å². The van der Waals surface area contributed by atoms with Gasteiger partial charge in [-0.1, -0.05) is 17.7 Å². The van der Waals surface area contributed by atoms with E-state index in [1.54, 1.807) is 18.2 Å². The Morgan fingerprint density at radius 1 is 1.15 bits per heavy atom. The van der Waals surface area contributed by atoms with Crippen molar-refractivity contribution in [3.05, 3.63) is 28.8 Å². The minimum Gasteiger partial charge on any atom is -0.317 e. The topological polar surface area (TPSA) is 58.2 Å². The Bertz CT molecular complexity index is 567. The highest BCUT2D eigenvalue weighted by Crippen LogP contribution is 2.25. The number of rotatable bonds is 4. The van der Waals surface area contributed by atoms with Gasteiger partial charge < -0.3 is 5.32 Å². The molecule has 1 aromatic rings. The molecule has 20 heavy (non-hydrogen) atoms. The van der Waals surface area contributed by atoms with Gasteiger partial charge in [-0.3, -0.25) is 0 Å². The Morgan fingerprint density at radius 2 is 1.75 bits per heavy atom. The highest BCUT2D eigenvalue weighted by molar-refractivity contribution is 7.89. The van der Waals surface area contributed by atoms with Gasteiger partial charge in [-0.25, -0.2) is 13.1 Å². The van der Waals surface area contributed by atoms with Crippen LogP contribution in [0.25, 0.3) is 0 Å².